The van der Waals surface area contributed by atoms with E-state index in [0.29, 0.717) is 28.6 Å². The molecule has 0 N–H and O–H groups in total. The SMILES string of the molecule is CCN1OC[C@@H](CC(=O)c2ccc(C3=NO[C@](C)(c4cc(Cl)cc(Cl)c4)C3)cc2C)C1=O. The van der Waals surface area contributed by atoms with Crippen molar-refractivity contribution in [2.45, 2.75) is 39.2 Å². The Kier molecular flexibility index (Phi) is 6.30. The summed E-state index contributed by atoms with van der Waals surface area (Å²) in [5.74, 6) is -0.635. The summed E-state index contributed by atoms with van der Waals surface area (Å²) in [5.41, 5.74) is 3.26. The highest BCUT2D eigenvalue weighted by atomic mass is 35.5. The molecule has 1 saturated heterocycles. The van der Waals surface area contributed by atoms with Gasteiger partial charge < -0.3 is 4.84 Å². The largest absolute Gasteiger partial charge is 0.384 e. The van der Waals surface area contributed by atoms with Crippen molar-refractivity contribution in [2.75, 3.05) is 13.2 Å². The van der Waals surface area contributed by atoms with Gasteiger partial charge in [-0.2, -0.15) is 0 Å². The average molecular weight is 475 g/mol. The Hall–Kier alpha value is -2.41. The highest BCUT2D eigenvalue weighted by Gasteiger charge is 2.38. The monoisotopic (exact) mass is 474 g/mol. The molecule has 0 spiro atoms. The highest BCUT2D eigenvalue weighted by Crippen LogP contribution is 2.38. The van der Waals surface area contributed by atoms with Crippen LogP contribution in [-0.2, 0) is 20.1 Å². The van der Waals surface area contributed by atoms with Gasteiger partial charge in [-0.15, -0.1) is 0 Å². The van der Waals surface area contributed by atoms with Crippen LogP contribution in [0.25, 0.3) is 0 Å². The van der Waals surface area contributed by atoms with Crippen LogP contribution in [0.3, 0.4) is 0 Å². The number of amides is 1. The van der Waals surface area contributed by atoms with Crippen LogP contribution >= 0.6 is 23.2 Å². The summed E-state index contributed by atoms with van der Waals surface area (Å²) in [6.45, 7) is 6.38. The molecule has 1 amide bonds. The molecule has 2 aliphatic heterocycles. The Balaban J connectivity index is 1.48. The molecule has 0 aromatic heterocycles. The summed E-state index contributed by atoms with van der Waals surface area (Å²) >= 11 is 12.3. The third-order valence-electron chi connectivity index (χ3n) is 5.94. The first-order valence-electron chi connectivity index (χ1n) is 10.5. The number of carbonyl (C=O) groups is 2. The summed E-state index contributed by atoms with van der Waals surface area (Å²) in [4.78, 5) is 36.2. The van der Waals surface area contributed by atoms with Crippen LogP contribution in [0.2, 0.25) is 10.0 Å². The van der Waals surface area contributed by atoms with Crippen LogP contribution in [0.5, 0.6) is 0 Å². The predicted molar refractivity (Wildman–Crippen MR) is 123 cm³/mol. The van der Waals surface area contributed by atoms with E-state index in [9.17, 15) is 9.59 Å². The third-order valence-corrected chi connectivity index (χ3v) is 6.38. The maximum atomic E-state index is 12.8. The van der Waals surface area contributed by atoms with Gasteiger partial charge in [-0.3, -0.25) is 14.4 Å². The highest BCUT2D eigenvalue weighted by molar-refractivity contribution is 6.34. The summed E-state index contributed by atoms with van der Waals surface area (Å²) in [6.07, 6.45) is 0.671. The van der Waals surface area contributed by atoms with Gasteiger partial charge in [-0.25, -0.2) is 5.06 Å². The number of oxime groups is 1. The van der Waals surface area contributed by atoms with Crippen LogP contribution in [-0.4, -0.2) is 35.6 Å². The zero-order valence-corrected chi connectivity index (χ0v) is 19.7. The number of nitrogens with zero attached hydrogens (tertiary/aromatic N) is 2. The van der Waals surface area contributed by atoms with E-state index in [1.165, 1.54) is 5.06 Å². The molecule has 8 heteroatoms. The predicted octanol–water partition coefficient (Wildman–Crippen LogP) is 5.32. The fourth-order valence-corrected chi connectivity index (χ4v) is 4.64. The zero-order chi connectivity index (χ0) is 23.0. The quantitative estimate of drug-likeness (QED) is 0.530. The van der Waals surface area contributed by atoms with E-state index >= 15 is 0 Å². The Morgan fingerprint density at radius 1 is 1.22 bits per heavy atom. The van der Waals surface area contributed by atoms with Gasteiger partial charge in [0, 0.05) is 40.6 Å². The lowest BCUT2D eigenvalue weighted by Gasteiger charge is -2.22. The molecule has 168 valence electrons. The van der Waals surface area contributed by atoms with Crippen molar-refractivity contribution in [3.63, 3.8) is 0 Å². The van der Waals surface area contributed by atoms with Crippen molar-refractivity contribution in [2.24, 2.45) is 11.1 Å². The van der Waals surface area contributed by atoms with Gasteiger partial charge in [-0.1, -0.05) is 40.5 Å². The van der Waals surface area contributed by atoms with E-state index in [1.807, 2.05) is 45.0 Å². The van der Waals surface area contributed by atoms with E-state index < -0.39 is 11.5 Å². The molecule has 32 heavy (non-hydrogen) atoms. The average Bonchev–Trinajstić information content (AvgIpc) is 3.31. The smallest absolute Gasteiger partial charge is 0.252 e. The lowest BCUT2D eigenvalue weighted by atomic mass is 9.88. The van der Waals surface area contributed by atoms with Crippen molar-refractivity contribution in [3.05, 3.63) is 68.7 Å². The second-order valence-corrected chi connectivity index (χ2v) is 9.25. The van der Waals surface area contributed by atoms with Crippen LogP contribution in [0.4, 0.5) is 0 Å². The Labute approximate surface area is 197 Å². The first kappa shape index (κ1) is 22.8. The number of halogens is 2. The lowest BCUT2D eigenvalue weighted by Crippen LogP contribution is -2.27. The molecule has 2 aliphatic rings. The van der Waals surface area contributed by atoms with Crippen molar-refractivity contribution in [3.8, 4) is 0 Å². The Morgan fingerprint density at radius 3 is 2.56 bits per heavy atom. The first-order valence-corrected chi connectivity index (χ1v) is 11.3. The third kappa shape index (κ3) is 4.40. The first-order chi connectivity index (χ1) is 15.2. The molecule has 2 heterocycles. The van der Waals surface area contributed by atoms with E-state index in [-0.39, 0.29) is 24.7 Å². The Bertz CT molecular complexity index is 1100. The van der Waals surface area contributed by atoms with Crippen molar-refractivity contribution in [1.29, 1.82) is 0 Å². The van der Waals surface area contributed by atoms with Gasteiger partial charge in [0.15, 0.2) is 11.4 Å². The van der Waals surface area contributed by atoms with Crippen LogP contribution in [0.15, 0.2) is 41.6 Å². The minimum Gasteiger partial charge on any atom is -0.384 e. The van der Waals surface area contributed by atoms with Crippen molar-refractivity contribution in [1.82, 2.24) is 5.06 Å². The maximum Gasteiger partial charge on any atom is 0.252 e. The van der Waals surface area contributed by atoms with E-state index in [4.69, 9.17) is 32.9 Å². The Morgan fingerprint density at radius 2 is 1.94 bits per heavy atom. The van der Waals surface area contributed by atoms with E-state index in [0.717, 1.165) is 22.4 Å². The van der Waals surface area contributed by atoms with Gasteiger partial charge in [0.2, 0.25) is 0 Å². The van der Waals surface area contributed by atoms with Crippen molar-refractivity contribution >= 4 is 40.6 Å². The summed E-state index contributed by atoms with van der Waals surface area (Å²) < 4.78 is 0. The molecule has 2 atom stereocenters. The number of benzene rings is 2. The van der Waals surface area contributed by atoms with Gasteiger partial charge in [-0.05, 0) is 56.2 Å². The second-order valence-electron chi connectivity index (χ2n) is 8.38. The van der Waals surface area contributed by atoms with E-state index in [1.54, 1.807) is 12.1 Å². The van der Waals surface area contributed by atoms with Crippen molar-refractivity contribution < 1.29 is 19.3 Å². The molecule has 0 unspecified atom stereocenters. The zero-order valence-electron chi connectivity index (χ0n) is 18.2. The molecule has 2 aromatic rings. The molecule has 0 radical (unpaired) electrons. The van der Waals surface area contributed by atoms with Crippen LogP contribution in [0.1, 0.15) is 53.7 Å². The summed E-state index contributed by atoms with van der Waals surface area (Å²) in [5, 5.41) is 6.69. The number of carbonyl (C=O) groups excluding carboxylic acids is 2. The number of hydrogen-bond donors (Lipinski definition) is 0. The maximum absolute atomic E-state index is 12.8. The molecule has 0 aliphatic carbocycles. The van der Waals surface area contributed by atoms with Gasteiger partial charge in [0.1, 0.15) is 0 Å². The number of ketones is 1. The molecular weight excluding hydrogens is 451 g/mol. The lowest BCUT2D eigenvalue weighted by molar-refractivity contribution is -0.160. The summed E-state index contributed by atoms with van der Waals surface area (Å²) in [7, 11) is 0. The van der Waals surface area contributed by atoms with Gasteiger partial charge in [0.25, 0.3) is 5.91 Å². The molecule has 0 saturated carbocycles. The minimum atomic E-state index is -0.680. The molecule has 4 rings (SSSR count). The fourth-order valence-electron chi connectivity index (χ4n) is 4.11. The number of rotatable bonds is 6. The van der Waals surface area contributed by atoms with Crippen LogP contribution < -0.4 is 0 Å². The summed E-state index contributed by atoms with van der Waals surface area (Å²) in [6, 6.07) is 10.9. The van der Waals surface area contributed by atoms with Crippen LogP contribution in [0, 0.1) is 12.8 Å². The number of aryl methyl sites for hydroxylation is 1. The molecule has 2 aromatic carbocycles. The standard InChI is InChI=1S/C24H24Cl2N2O4/c1-4-28-23(30)16(13-31-28)8-22(29)20-6-5-15(7-14(20)2)21-12-24(3,32-27-21)17-9-18(25)11-19(26)10-17/h5-7,9-11,16H,4,8,12-13H2,1-3H3/t16-,24+/m1/s1. The number of Topliss-reactive ketones (excluding diaryl/α,β-unsaturated/α-hetero) is 1. The van der Waals surface area contributed by atoms with E-state index in [2.05, 4.69) is 5.16 Å². The molecule has 0 bridgehead atoms. The molecule has 6 nitrogen and oxygen atoms in total. The second kappa shape index (κ2) is 8.85. The minimum absolute atomic E-state index is 0.0722. The topological polar surface area (TPSA) is 68.2 Å². The number of hydroxylamine groups is 2. The fraction of sp³-hybridized carbons (Fsp3) is 0.375. The number of hydrogen-bond acceptors (Lipinski definition) is 5. The molecular formula is C24H24Cl2N2O4. The normalized spacial score (nSPS) is 22.8. The van der Waals surface area contributed by atoms with Gasteiger partial charge >= 0.3 is 0 Å². The molecule has 1 fully saturated rings. The van der Waals surface area contributed by atoms with Gasteiger partial charge in [0.05, 0.1) is 18.2 Å².